The second kappa shape index (κ2) is 6.90. The molecule has 1 aliphatic rings. The number of ether oxygens (including phenoxy) is 1. The Morgan fingerprint density at radius 1 is 1.00 bits per heavy atom. The Hall–Kier alpha value is -2.57. The molecule has 1 aromatic heterocycles. The molecule has 1 aliphatic heterocycles. The first-order valence-corrected chi connectivity index (χ1v) is 8.12. The smallest absolute Gasteiger partial charge is 0.170 e. The summed E-state index contributed by atoms with van der Waals surface area (Å²) in [5.74, 6) is 0.843. The van der Waals surface area contributed by atoms with Crippen molar-refractivity contribution in [1.29, 1.82) is 0 Å². The first-order chi connectivity index (χ1) is 11.9. The van der Waals surface area contributed by atoms with Crippen LogP contribution in [0.25, 0.3) is 5.69 Å². The van der Waals surface area contributed by atoms with Gasteiger partial charge in [-0.3, -0.25) is 4.90 Å². The number of aromatic nitrogens is 4. The third kappa shape index (κ3) is 3.20. The number of nitrogens with zero attached hydrogens (tertiary/aromatic N) is 5. The van der Waals surface area contributed by atoms with Gasteiger partial charge in [0.1, 0.15) is 0 Å². The van der Waals surface area contributed by atoms with E-state index in [0.29, 0.717) is 13.2 Å². The zero-order valence-electron chi connectivity index (χ0n) is 13.3. The molecule has 24 heavy (non-hydrogen) atoms. The highest BCUT2D eigenvalue weighted by molar-refractivity contribution is 5.30. The standard InChI is InChI=1S/C18H19N5O/c1-3-7-15(8-4-1)17-13-22(11-12-24-17)14-18-19-20-21-23(18)16-9-5-2-6-10-16/h1-10,17H,11-14H2/t17-/m1/s1. The van der Waals surface area contributed by atoms with Gasteiger partial charge < -0.3 is 4.74 Å². The molecule has 0 N–H and O–H groups in total. The van der Waals surface area contributed by atoms with Gasteiger partial charge in [0.25, 0.3) is 0 Å². The van der Waals surface area contributed by atoms with Crippen molar-refractivity contribution in [3.05, 3.63) is 72.1 Å². The molecule has 0 saturated carbocycles. The molecule has 0 radical (unpaired) electrons. The molecule has 0 bridgehead atoms. The largest absolute Gasteiger partial charge is 0.371 e. The Labute approximate surface area is 140 Å². The second-order valence-electron chi connectivity index (χ2n) is 5.85. The Bertz CT molecular complexity index is 774. The van der Waals surface area contributed by atoms with Gasteiger partial charge in [-0.25, -0.2) is 0 Å². The molecule has 0 spiro atoms. The summed E-state index contributed by atoms with van der Waals surface area (Å²) in [6, 6.07) is 20.3. The fraction of sp³-hybridized carbons (Fsp3) is 0.278. The van der Waals surface area contributed by atoms with Gasteiger partial charge in [0.05, 0.1) is 24.9 Å². The molecular weight excluding hydrogens is 302 g/mol. The summed E-state index contributed by atoms with van der Waals surface area (Å²) in [4.78, 5) is 2.34. The summed E-state index contributed by atoms with van der Waals surface area (Å²) in [5.41, 5.74) is 2.19. The van der Waals surface area contributed by atoms with Gasteiger partial charge in [0.15, 0.2) is 5.82 Å². The molecule has 3 aromatic rings. The fourth-order valence-corrected chi connectivity index (χ4v) is 2.99. The maximum atomic E-state index is 5.93. The van der Waals surface area contributed by atoms with Crippen molar-refractivity contribution >= 4 is 0 Å². The minimum Gasteiger partial charge on any atom is -0.371 e. The number of morpholine rings is 1. The van der Waals surface area contributed by atoms with E-state index in [4.69, 9.17) is 4.74 Å². The summed E-state index contributed by atoms with van der Waals surface area (Å²) in [6.07, 6.45) is 0.0982. The molecule has 2 aromatic carbocycles. The van der Waals surface area contributed by atoms with Crippen molar-refractivity contribution in [3.63, 3.8) is 0 Å². The van der Waals surface area contributed by atoms with Gasteiger partial charge in [0, 0.05) is 13.1 Å². The van der Waals surface area contributed by atoms with Crippen LogP contribution in [0.3, 0.4) is 0 Å². The monoisotopic (exact) mass is 321 g/mol. The van der Waals surface area contributed by atoms with Crippen molar-refractivity contribution < 1.29 is 4.74 Å². The number of benzene rings is 2. The Morgan fingerprint density at radius 2 is 1.75 bits per heavy atom. The average molecular weight is 321 g/mol. The van der Waals surface area contributed by atoms with Crippen LogP contribution >= 0.6 is 0 Å². The van der Waals surface area contributed by atoms with Crippen molar-refractivity contribution in [2.24, 2.45) is 0 Å². The molecule has 6 heteroatoms. The van der Waals surface area contributed by atoms with Crippen molar-refractivity contribution in [2.45, 2.75) is 12.6 Å². The van der Waals surface area contributed by atoms with E-state index in [1.54, 1.807) is 4.68 Å². The molecule has 1 saturated heterocycles. The maximum absolute atomic E-state index is 5.93. The van der Waals surface area contributed by atoms with E-state index in [9.17, 15) is 0 Å². The van der Waals surface area contributed by atoms with Crippen molar-refractivity contribution in [3.8, 4) is 5.69 Å². The van der Waals surface area contributed by atoms with Gasteiger partial charge in [-0.05, 0) is 28.1 Å². The highest BCUT2D eigenvalue weighted by atomic mass is 16.5. The van der Waals surface area contributed by atoms with Gasteiger partial charge in [0.2, 0.25) is 0 Å². The minimum absolute atomic E-state index is 0.0982. The number of para-hydroxylation sites is 1. The molecule has 0 aliphatic carbocycles. The lowest BCUT2D eigenvalue weighted by atomic mass is 10.1. The summed E-state index contributed by atoms with van der Waals surface area (Å²) in [5, 5.41) is 12.2. The zero-order valence-corrected chi connectivity index (χ0v) is 13.3. The second-order valence-corrected chi connectivity index (χ2v) is 5.85. The third-order valence-electron chi connectivity index (χ3n) is 4.22. The van der Waals surface area contributed by atoms with Gasteiger partial charge in [-0.15, -0.1) is 5.10 Å². The van der Waals surface area contributed by atoms with Crippen LogP contribution in [0.2, 0.25) is 0 Å². The lowest BCUT2D eigenvalue weighted by molar-refractivity contribution is -0.0338. The molecule has 1 fully saturated rings. The summed E-state index contributed by atoms with van der Waals surface area (Å²) < 4.78 is 7.73. The molecule has 122 valence electrons. The summed E-state index contributed by atoms with van der Waals surface area (Å²) >= 11 is 0. The molecule has 4 rings (SSSR count). The molecular formula is C18H19N5O. The maximum Gasteiger partial charge on any atom is 0.170 e. The van der Waals surface area contributed by atoms with Crippen molar-refractivity contribution in [2.75, 3.05) is 19.7 Å². The lowest BCUT2D eigenvalue weighted by Crippen LogP contribution is -2.38. The Kier molecular flexibility index (Phi) is 4.31. The molecule has 0 amide bonds. The van der Waals surface area contributed by atoms with E-state index in [0.717, 1.165) is 24.6 Å². The van der Waals surface area contributed by atoms with E-state index in [2.05, 4.69) is 32.6 Å². The van der Waals surface area contributed by atoms with Crippen LogP contribution in [0.1, 0.15) is 17.5 Å². The van der Waals surface area contributed by atoms with Crippen LogP contribution in [0, 0.1) is 0 Å². The van der Waals surface area contributed by atoms with Crippen LogP contribution < -0.4 is 0 Å². The van der Waals surface area contributed by atoms with Crippen LogP contribution in [0.5, 0.6) is 0 Å². The number of hydrogen-bond donors (Lipinski definition) is 0. The quantitative estimate of drug-likeness (QED) is 0.737. The van der Waals surface area contributed by atoms with E-state index in [1.165, 1.54) is 5.56 Å². The first kappa shape index (κ1) is 15.0. The third-order valence-corrected chi connectivity index (χ3v) is 4.22. The highest BCUT2D eigenvalue weighted by Gasteiger charge is 2.23. The highest BCUT2D eigenvalue weighted by Crippen LogP contribution is 2.23. The SMILES string of the molecule is c1ccc([C@H]2CN(Cc3nnnn3-c3ccccc3)CCO2)cc1. The number of tetrazole rings is 1. The summed E-state index contributed by atoms with van der Waals surface area (Å²) in [6.45, 7) is 3.14. The fourth-order valence-electron chi connectivity index (χ4n) is 2.99. The summed E-state index contributed by atoms with van der Waals surface area (Å²) in [7, 11) is 0. The molecule has 1 atom stereocenters. The number of rotatable bonds is 4. The van der Waals surface area contributed by atoms with Crippen LogP contribution in [-0.4, -0.2) is 44.8 Å². The van der Waals surface area contributed by atoms with E-state index in [-0.39, 0.29) is 6.10 Å². The van der Waals surface area contributed by atoms with Gasteiger partial charge >= 0.3 is 0 Å². The molecule has 0 unspecified atom stereocenters. The number of hydrogen-bond acceptors (Lipinski definition) is 5. The van der Waals surface area contributed by atoms with Gasteiger partial charge in [-0.2, -0.15) is 4.68 Å². The van der Waals surface area contributed by atoms with Crippen LogP contribution in [-0.2, 0) is 11.3 Å². The predicted octanol–water partition coefficient (Wildman–Crippen LogP) is 2.24. The first-order valence-electron chi connectivity index (χ1n) is 8.12. The topological polar surface area (TPSA) is 56.1 Å². The minimum atomic E-state index is 0.0982. The average Bonchev–Trinajstić information content (AvgIpc) is 3.11. The Morgan fingerprint density at radius 3 is 2.54 bits per heavy atom. The van der Waals surface area contributed by atoms with Gasteiger partial charge in [-0.1, -0.05) is 48.5 Å². The lowest BCUT2D eigenvalue weighted by Gasteiger charge is -2.32. The van der Waals surface area contributed by atoms with Crippen LogP contribution in [0.4, 0.5) is 0 Å². The Balaban J connectivity index is 1.49. The normalized spacial score (nSPS) is 18.6. The molecule has 6 nitrogen and oxygen atoms in total. The molecule has 2 heterocycles. The van der Waals surface area contributed by atoms with E-state index in [1.807, 2.05) is 48.5 Å². The zero-order chi connectivity index (χ0) is 16.2. The van der Waals surface area contributed by atoms with Crippen LogP contribution in [0.15, 0.2) is 60.7 Å². The van der Waals surface area contributed by atoms with E-state index >= 15 is 0 Å². The van der Waals surface area contributed by atoms with Crippen molar-refractivity contribution in [1.82, 2.24) is 25.1 Å². The predicted molar refractivity (Wildman–Crippen MR) is 89.6 cm³/mol. The van der Waals surface area contributed by atoms with E-state index < -0.39 is 0 Å².